The van der Waals surface area contributed by atoms with Gasteiger partial charge in [-0.1, -0.05) is 35.3 Å². The number of nitrogens with one attached hydrogen (secondary N) is 1. The molecule has 1 atom stereocenters. The summed E-state index contributed by atoms with van der Waals surface area (Å²) in [5, 5.41) is 4.45. The lowest BCUT2D eigenvalue weighted by Crippen LogP contribution is -2.24. The molecule has 6 nitrogen and oxygen atoms in total. The second-order valence-corrected chi connectivity index (χ2v) is 5.85. The predicted molar refractivity (Wildman–Crippen MR) is 98.2 cm³/mol. The van der Waals surface area contributed by atoms with Crippen molar-refractivity contribution < 1.29 is 14.3 Å². The van der Waals surface area contributed by atoms with Gasteiger partial charge in [-0.2, -0.15) is 5.10 Å². The van der Waals surface area contributed by atoms with Gasteiger partial charge < -0.3 is 4.74 Å². The summed E-state index contributed by atoms with van der Waals surface area (Å²) in [5.74, 6) is -1.04. The van der Waals surface area contributed by atoms with Gasteiger partial charge in [0.05, 0.1) is 10.7 Å². The molecule has 0 aromatic heterocycles. The minimum absolute atomic E-state index is 0.262. The maximum atomic E-state index is 12.7. The third-order valence-electron chi connectivity index (χ3n) is 3.00. The van der Waals surface area contributed by atoms with E-state index in [9.17, 15) is 9.59 Å². The highest BCUT2D eigenvalue weighted by Gasteiger charge is 2.17. The molecule has 25 heavy (non-hydrogen) atoms. The lowest BCUT2D eigenvalue weighted by molar-refractivity contribution is -0.139. The number of esters is 1. The number of ketones is 1. The van der Waals surface area contributed by atoms with E-state index in [1.54, 1.807) is 36.4 Å². The zero-order valence-electron chi connectivity index (χ0n) is 13.2. The quantitative estimate of drug-likeness (QED) is 0.263. The highest BCUT2D eigenvalue weighted by molar-refractivity contribution is 6.35. The van der Waals surface area contributed by atoms with Crippen LogP contribution in [0.25, 0.3) is 0 Å². The van der Waals surface area contributed by atoms with Gasteiger partial charge in [0.25, 0.3) is 0 Å². The minimum atomic E-state index is -0.744. The molecule has 0 fully saturated rings. The summed E-state index contributed by atoms with van der Waals surface area (Å²) >= 11 is 12.1. The first-order valence-corrected chi connectivity index (χ1v) is 7.98. The number of hydrogen-bond donors (Lipinski definition) is 2. The molecule has 0 saturated heterocycles. The summed E-state index contributed by atoms with van der Waals surface area (Å²) in [6.45, 7) is 1.51. The average Bonchev–Trinajstić information content (AvgIpc) is 2.55. The van der Waals surface area contributed by atoms with Crippen LogP contribution in [0.2, 0.25) is 10.0 Å². The molecule has 130 valence electrons. The van der Waals surface area contributed by atoms with E-state index in [0.29, 0.717) is 21.3 Å². The summed E-state index contributed by atoms with van der Waals surface area (Å²) in [6, 6.07) is 11.3. The van der Waals surface area contributed by atoms with Crippen molar-refractivity contribution in [3.8, 4) is 0 Å². The Morgan fingerprint density at radius 2 is 1.92 bits per heavy atom. The molecule has 0 aliphatic carbocycles. The Labute approximate surface area is 154 Å². The summed E-state index contributed by atoms with van der Waals surface area (Å²) in [4.78, 5) is 24.1. The van der Waals surface area contributed by atoms with Gasteiger partial charge in [0.1, 0.15) is 12.4 Å². The van der Waals surface area contributed by atoms with E-state index in [4.69, 9.17) is 33.7 Å². The first kappa shape index (κ1) is 18.9. The summed E-state index contributed by atoms with van der Waals surface area (Å²) in [6.07, 6.45) is 0.175. The number of hydrazone groups is 1. The molecule has 0 aliphatic heterocycles. The molecule has 8 heteroatoms. The lowest BCUT2D eigenvalue weighted by atomic mass is 10.0. The van der Waals surface area contributed by atoms with Crippen molar-refractivity contribution in [2.75, 3.05) is 5.43 Å². The highest BCUT2D eigenvalue weighted by atomic mass is 35.5. The van der Waals surface area contributed by atoms with Gasteiger partial charge in [-0.15, -0.1) is 0 Å². The summed E-state index contributed by atoms with van der Waals surface area (Å²) in [7, 11) is 0. The average molecular weight is 380 g/mol. The molecule has 2 rings (SSSR count). The number of nitrogens with two attached hydrogens (primary N) is 1. The number of nitrogens with zero attached hydrogens (tertiary/aromatic N) is 1. The van der Waals surface area contributed by atoms with Crippen LogP contribution in [0.3, 0.4) is 0 Å². The molecule has 3 N–H and O–H groups in total. The van der Waals surface area contributed by atoms with Crippen LogP contribution in [0, 0.1) is 0 Å². The van der Waals surface area contributed by atoms with Crippen molar-refractivity contribution >= 4 is 46.9 Å². The zero-order valence-corrected chi connectivity index (χ0v) is 14.7. The van der Waals surface area contributed by atoms with Crippen molar-refractivity contribution in [2.45, 2.75) is 13.2 Å². The number of carbonyl (C=O) groups is 2. The number of ether oxygens (including phenoxy) is 1. The van der Waals surface area contributed by atoms with Crippen LogP contribution in [0.5, 0.6) is 0 Å². The third-order valence-corrected chi connectivity index (χ3v) is 3.57. The second-order valence-electron chi connectivity index (χ2n) is 5.01. The van der Waals surface area contributed by atoms with E-state index in [1.165, 1.54) is 13.0 Å². The number of benzene rings is 2. The Morgan fingerprint density at radius 3 is 2.60 bits per heavy atom. The van der Waals surface area contributed by atoms with Gasteiger partial charge in [0.2, 0.25) is 0 Å². The molecule has 0 amide bonds. The second kappa shape index (κ2) is 8.62. The predicted octanol–water partition coefficient (Wildman–Crippen LogP) is 3.47. The number of halogens is 2. The van der Waals surface area contributed by atoms with Crippen molar-refractivity contribution in [3.63, 3.8) is 0 Å². The van der Waals surface area contributed by atoms with Crippen molar-refractivity contribution in [1.82, 2.24) is 0 Å². The Balaban J connectivity index is 2.26. The Hall–Kier alpha value is -2.41. The largest absolute Gasteiger partial charge is 0.443 e. The van der Waals surface area contributed by atoms with Gasteiger partial charge in [0, 0.05) is 16.1 Å². The highest BCUT2D eigenvalue weighted by Crippen LogP contribution is 2.26. The van der Waals surface area contributed by atoms with E-state index in [1.807, 2.05) is 0 Å². The molecule has 0 bridgehead atoms. The monoisotopic (exact) mass is 379 g/mol. The van der Waals surface area contributed by atoms with E-state index in [-0.39, 0.29) is 11.3 Å². The molecule has 2 aromatic carbocycles. The zero-order chi connectivity index (χ0) is 18.4. The molecule has 0 radical (unpaired) electrons. The maximum absolute atomic E-state index is 12.7. The molecule has 0 heterocycles. The molecule has 0 saturated carbocycles. The molecular weight excluding hydrogens is 365 g/mol. The topological polar surface area (TPSA) is 93.8 Å². The first-order chi connectivity index (χ1) is 11.9. The number of carbonyl (C=O) groups excluding carboxylic acids is 2. The van der Waals surface area contributed by atoms with Gasteiger partial charge in [-0.3, -0.25) is 16.0 Å². The number of anilines is 1. The van der Waals surface area contributed by atoms with Gasteiger partial charge >= 0.3 is 5.97 Å². The molecule has 0 aliphatic rings. The smallest absolute Gasteiger partial charge is 0.352 e. The van der Waals surface area contributed by atoms with E-state index in [0.717, 1.165) is 6.21 Å². The number of hydrogen-bond acceptors (Lipinski definition) is 6. The molecule has 0 spiro atoms. The SMILES string of the molecule is CC(N)OC(=O)C=NNc1ccc(Cl)cc1C(=O)c1ccccc1Cl. The normalized spacial score (nSPS) is 12.0. The first-order valence-electron chi connectivity index (χ1n) is 7.22. The molecular formula is C17H15Cl2N3O3. The van der Waals surface area contributed by atoms with Crippen LogP contribution in [0.15, 0.2) is 47.6 Å². The van der Waals surface area contributed by atoms with E-state index < -0.39 is 12.2 Å². The van der Waals surface area contributed by atoms with E-state index >= 15 is 0 Å². The lowest BCUT2D eigenvalue weighted by Gasteiger charge is -2.10. The van der Waals surface area contributed by atoms with Crippen molar-refractivity contribution in [3.05, 3.63) is 63.6 Å². The van der Waals surface area contributed by atoms with Crippen LogP contribution in [0.1, 0.15) is 22.8 Å². The third kappa shape index (κ3) is 5.29. The van der Waals surface area contributed by atoms with Crippen LogP contribution in [-0.2, 0) is 9.53 Å². The van der Waals surface area contributed by atoms with Crippen molar-refractivity contribution in [1.29, 1.82) is 0 Å². The Kier molecular flexibility index (Phi) is 6.52. The molecule has 1 unspecified atom stereocenters. The fourth-order valence-electron chi connectivity index (χ4n) is 1.96. The van der Waals surface area contributed by atoms with Crippen LogP contribution in [0.4, 0.5) is 5.69 Å². The molecule has 2 aromatic rings. The number of rotatable bonds is 6. The Bertz CT molecular complexity index is 823. The maximum Gasteiger partial charge on any atom is 0.352 e. The fraction of sp³-hybridized carbons (Fsp3) is 0.118. The van der Waals surface area contributed by atoms with Crippen LogP contribution < -0.4 is 11.2 Å². The van der Waals surface area contributed by atoms with Crippen molar-refractivity contribution in [2.24, 2.45) is 10.8 Å². The van der Waals surface area contributed by atoms with Gasteiger partial charge in [-0.05, 0) is 37.3 Å². The van der Waals surface area contributed by atoms with Crippen LogP contribution in [-0.4, -0.2) is 24.2 Å². The standard InChI is InChI=1S/C17H15Cl2N3O3/c1-10(20)25-16(23)9-21-22-15-7-6-11(18)8-13(15)17(24)12-4-2-3-5-14(12)19/h2-10,22H,20H2,1H3. The van der Waals surface area contributed by atoms with Gasteiger partial charge in [0.15, 0.2) is 5.78 Å². The van der Waals surface area contributed by atoms with Gasteiger partial charge in [-0.25, -0.2) is 4.79 Å². The van der Waals surface area contributed by atoms with E-state index in [2.05, 4.69) is 10.5 Å². The minimum Gasteiger partial charge on any atom is -0.443 e. The van der Waals surface area contributed by atoms with Crippen LogP contribution >= 0.6 is 23.2 Å². The Morgan fingerprint density at radius 1 is 1.20 bits per heavy atom. The summed E-state index contributed by atoms with van der Waals surface area (Å²) < 4.78 is 4.71. The fourth-order valence-corrected chi connectivity index (χ4v) is 2.35. The summed E-state index contributed by atoms with van der Waals surface area (Å²) in [5.41, 5.74) is 8.91.